The average molecular weight is 546 g/mol. The Hall–Kier alpha value is -4.29. The van der Waals surface area contributed by atoms with Crippen LogP contribution in [0.5, 0.6) is 5.75 Å². The maximum atomic E-state index is 14.6. The summed E-state index contributed by atoms with van der Waals surface area (Å²) in [5.41, 5.74) is 1.48. The molecular formula is C26H24F5N7O. The fraction of sp³-hybridized carbons (Fsp3) is 0.308. The molecular weight excluding hydrogens is 521 g/mol. The molecule has 3 aromatic heterocycles. The van der Waals surface area contributed by atoms with E-state index in [2.05, 4.69) is 25.4 Å². The summed E-state index contributed by atoms with van der Waals surface area (Å²) in [7, 11) is 1.41. The molecule has 0 spiro atoms. The predicted molar refractivity (Wildman–Crippen MR) is 135 cm³/mol. The van der Waals surface area contributed by atoms with Gasteiger partial charge in [-0.1, -0.05) is 6.07 Å². The molecule has 0 amide bonds. The molecule has 1 aliphatic heterocycles. The highest BCUT2D eigenvalue weighted by atomic mass is 19.3. The molecule has 1 saturated heterocycles. The first-order valence-corrected chi connectivity index (χ1v) is 12.1. The molecule has 0 unspecified atom stereocenters. The van der Waals surface area contributed by atoms with Crippen LogP contribution in [0.2, 0.25) is 0 Å². The first kappa shape index (κ1) is 26.3. The van der Waals surface area contributed by atoms with Crippen molar-refractivity contribution >= 4 is 17.3 Å². The third-order valence-corrected chi connectivity index (χ3v) is 6.48. The molecule has 8 nitrogen and oxygen atoms in total. The van der Waals surface area contributed by atoms with E-state index in [0.717, 1.165) is 0 Å². The maximum absolute atomic E-state index is 14.6. The molecule has 13 heteroatoms. The van der Waals surface area contributed by atoms with E-state index in [0.29, 0.717) is 52.5 Å². The minimum absolute atomic E-state index is 0.0852. The van der Waals surface area contributed by atoms with Gasteiger partial charge in [0.2, 0.25) is 6.43 Å². The van der Waals surface area contributed by atoms with Crippen molar-refractivity contribution < 1.29 is 26.7 Å². The highest BCUT2D eigenvalue weighted by Gasteiger charge is 2.29. The number of nitrogens with one attached hydrogen (secondary N) is 1. The molecule has 0 saturated carbocycles. The Labute approximate surface area is 220 Å². The number of halogens is 5. The normalized spacial score (nSPS) is 15.7. The average Bonchev–Trinajstić information content (AvgIpc) is 3.44. The molecule has 1 fully saturated rings. The van der Waals surface area contributed by atoms with Gasteiger partial charge < -0.3 is 15.0 Å². The molecule has 1 N–H and O–H groups in total. The molecule has 1 atom stereocenters. The summed E-state index contributed by atoms with van der Waals surface area (Å²) in [6.45, 7) is -2.22. The van der Waals surface area contributed by atoms with E-state index in [1.54, 1.807) is 23.1 Å². The lowest BCUT2D eigenvalue weighted by atomic mass is 9.97. The van der Waals surface area contributed by atoms with Gasteiger partial charge >= 0.3 is 6.55 Å². The van der Waals surface area contributed by atoms with Gasteiger partial charge in [0.05, 0.1) is 18.9 Å². The molecule has 1 aromatic carbocycles. The van der Waals surface area contributed by atoms with E-state index in [4.69, 9.17) is 4.74 Å². The number of rotatable bonds is 8. The minimum Gasteiger partial charge on any atom is -0.496 e. The lowest BCUT2D eigenvalue weighted by Gasteiger charge is -2.35. The number of piperidine rings is 1. The van der Waals surface area contributed by atoms with Crippen LogP contribution in [-0.4, -0.2) is 51.4 Å². The third-order valence-electron chi connectivity index (χ3n) is 6.48. The number of ether oxygens (including phenoxy) is 1. The topological polar surface area (TPSA) is 81.0 Å². The Morgan fingerprint density at radius 3 is 2.67 bits per heavy atom. The number of aromatic nitrogens is 5. The number of alkyl halides is 4. The first-order valence-electron chi connectivity index (χ1n) is 12.1. The summed E-state index contributed by atoms with van der Waals surface area (Å²) in [5, 5.41) is 6.74. The van der Waals surface area contributed by atoms with E-state index < -0.39 is 24.7 Å². The largest absolute Gasteiger partial charge is 0.496 e. The van der Waals surface area contributed by atoms with Crippen molar-refractivity contribution in [2.45, 2.75) is 25.8 Å². The highest BCUT2D eigenvalue weighted by molar-refractivity contribution is 5.80. The van der Waals surface area contributed by atoms with Crippen molar-refractivity contribution in [1.82, 2.24) is 24.7 Å². The van der Waals surface area contributed by atoms with Crippen LogP contribution in [0.1, 0.15) is 19.4 Å². The molecule has 4 heterocycles. The van der Waals surface area contributed by atoms with Crippen molar-refractivity contribution in [3.63, 3.8) is 0 Å². The molecule has 0 aliphatic carbocycles. The molecule has 0 bridgehead atoms. The second kappa shape index (κ2) is 11.2. The number of benzene rings is 1. The lowest BCUT2D eigenvalue weighted by molar-refractivity contribution is 0.0566. The molecule has 204 valence electrons. The molecule has 39 heavy (non-hydrogen) atoms. The number of methoxy groups -OCH3 is 1. The lowest BCUT2D eigenvalue weighted by Crippen LogP contribution is -2.38. The molecule has 5 rings (SSSR count). The predicted octanol–water partition coefficient (Wildman–Crippen LogP) is 6.17. The summed E-state index contributed by atoms with van der Waals surface area (Å²) >= 11 is 0. The van der Waals surface area contributed by atoms with Gasteiger partial charge in [-0.05, 0) is 31.0 Å². The second-order valence-corrected chi connectivity index (χ2v) is 8.96. The van der Waals surface area contributed by atoms with Gasteiger partial charge in [-0.2, -0.15) is 13.9 Å². The van der Waals surface area contributed by atoms with Crippen LogP contribution >= 0.6 is 0 Å². The highest BCUT2D eigenvalue weighted by Crippen LogP contribution is 2.37. The Balaban J connectivity index is 1.50. The number of nitrogens with zero attached hydrogens (tertiary/aromatic N) is 6. The van der Waals surface area contributed by atoms with Crippen LogP contribution in [0.4, 0.5) is 39.3 Å². The van der Waals surface area contributed by atoms with Crippen LogP contribution < -0.4 is 15.0 Å². The second-order valence-electron chi connectivity index (χ2n) is 8.96. The van der Waals surface area contributed by atoms with E-state index in [1.165, 1.54) is 44.0 Å². The van der Waals surface area contributed by atoms with Crippen LogP contribution in [0, 0.1) is 11.7 Å². The number of hydrogen-bond acceptors (Lipinski definition) is 7. The van der Waals surface area contributed by atoms with Gasteiger partial charge in [-0.3, -0.25) is 0 Å². The van der Waals surface area contributed by atoms with E-state index in [9.17, 15) is 22.0 Å². The zero-order valence-electron chi connectivity index (χ0n) is 20.7. The van der Waals surface area contributed by atoms with Crippen molar-refractivity contribution in [2.75, 3.05) is 30.4 Å². The Morgan fingerprint density at radius 1 is 1.08 bits per heavy atom. The minimum atomic E-state index is -2.82. The van der Waals surface area contributed by atoms with Gasteiger partial charge in [0, 0.05) is 60.5 Å². The van der Waals surface area contributed by atoms with Gasteiger partial charge in [0.25, 0.3) is 0 Å². The van der Waals surface area contributed by atoms with Crippen molar-refractivity contribution in [1.29, 1.82) is 0 Å². The van der Waals surface area contributed by atoms with Crippen LogP contribution in [0.25, 0.3) is 22.5 Å². The third kappa shape index (κ3) is 5.61. The molecule has 4 aromatic rings. The summed E-state index contributed by atoms with van der Waals surface area (Å²) in [5.74, 6) is -0.410. The standard InChI is InChI=1S/C26H24F5N7O/c1-39-20-6-2-5-18(27)23(20)25-32-8-7-21(36-25)35-22-10-19(37-9-3-4-15(13-37)24(28)29)17(12-33-22)16-11-34-38(14-16)26(30)31/h2,5-8,10-12,14-15,24,26H,3-4,9,13H2,1H3,(H,32,33,35,36)/t15-/m1/s1. The fourth-order valence-corrected chi connectivity index (χ4v) is 4.59. The number of anilines is 3. The number of hydrogen-bond donors (Lipinski definition) is 1. The first-order chi connectivity index (χ1) is 18.8. The zero-order chi connectivity index (χ0) is 27.5. The Morgan fingerprint density at radius 2 is 1.92 bits per heavy atom. The fourth-order valence-electron chi connectivity index (χ4n) is 4.59. The van der Waals surface area contributed by atoms with Gasteiger partial charge in [0.1, 0.15) is 23.2 Å². The van der Waals surface area contributed by atoms with Crippen LogP contribution in [0.15, 0.2) is 55.1 Å². The monoisotopic (exact) mass is 545 g/mol. The van der Waals surface area contributed by atoms with Crippen LogP contribution in [0.3, 0.4) is 0 Å². The maximum Gasteiger partial charge on any atom is 0.333 e. The molecule has 0 radical (unpaired) electrons. The van der Waals surface area contributed by atoms with Crippen molar-refractivity contribution in [3.05, 3.63) is 60.9 Å². The summed E-state index contributed by atoms with van der Waals surface area (Å²) in [4.78, 5) is 14.8. The Kier molecular flexibility index (Phi) is 7.57. The quantitative estimate of drug-likeness (QED) is 0.265. The summed E-state index contributed by atoms with van der Waals surface area (Å²) < 4.78 is 73.8. The van der Waals surface area contributed by atoms with E-state index >= 15 is 0 Å². The van der Waals surface area contributed by atoms with Crippen molar-refractivity contribution in [2.24, 2.45) is 5.92 Å². The smallest absolute Gasteiger partial charge is 0.333 e. The number of pyridine rings is 1. The summed E-state index contributed by atoms with van der Waals surface area (Å²) in [6.07, 6.45) is 3.85. The Bertz CT molecular complexity index is 1450. The van der Waals surface area contributed by atoms with E-state index in [1.807, 2.05) is 0 Å². The summed E-state index contributed by atoms with van der Waals surface area (Å²) in [6, 6.07) is 7.59. The van der Waals surface area contributed by atoms with Gasteiger partial charge in [-0.15, -0.1) is 0 Å². The van der Waals surface area contributed by atoms with Gasteiger partial charge in [0.15, 0.2) is 5.82 Å². The zero-order valence-corrected chi connectivity index (χ0v) is 20.7. The van der Waals surface area contributed by atoms with Crippen LogP contribution in [-0.2, 0) is 0 Å². The SMILES string of the molecule is COc1cccc(F)c1-c1nccc(Nc2cc(N3CCC[C@@H](C(F)F)C3)c(-c3cnn(C(F)F)c3)cn2)n1. The van der Waals surface area contributed by atoms with E-state index in [-0.39, 0.29) is 23.7 Å². The molecule has 1 aliphatic rings. The van der Waals surface area contributed by atoms with Gasteiger partial charge in [-0.25, -0.2) is 32.8 Å². The van der Waals surface area contributed by atoms with Crippen molar-refractivity contribution in [3.8, 4) is 28.3 Å².